The molecule has 0 aliphatic heterocycles. The van der Waals surface area contributed by atoms with Gasteiger partial charge in [0.1, 0.15) is 0 Å². The van der Waals surface area contributed by atoms with Crippen LogP contribution in [-0.4, -0.2) is 16.0 Å². The first-order chi connectivity index (χ1) is 12.9. The van der Waals surface area contributed by atoms with Crippen molar-refractivity contribution >= 4 is 5.91 Å². The minimum Gasteiger partial charge on any atom is -0.352 e. The Labute approximate surface area is 159 Å². The molecule has 0 bridgehead atoms. The van der Waals surface area contributed by atoms with Gasteiger partial charge in [-0.1, -0.05) is 80.5 Å². The van der Waals surface area contributed by atoms with Crippen LogP contribution in [0.4, 0.5) is 0 Å². The smallest absolute Gasteiger partial charge is 0.227 e. The fraction of sp³-hybridized carbons (Fsp3) is 0.318. The Morgan fingerprint density at radius 1 is 1.04 bits per heavy atom. The maximum absolute atomic E-state index is 12.0. The second-order valence-corrected chi connectivity index (χ2v) is 7.60. The van der Waals surface area contributed by atoms with Gasteiger partial charge >= 0.3 is 0 Å². The van der Waals surface area contributed by atoms with Crippen molar-refractivity contribution in [1.82, 2.24) is 15.5 Å². The number of carbonyl (C=O) groups is 1. The molecule has 27 heavy (non-hydrogen) atoms. The largest absolute Gasteiger partial charge is 0.352 e. The summed E-state index contributed by atoms with van der Waals surface area (Å²) in [4.78, 5) is 16.4. The van der Waals surface area contributed by atoms with Crippen molar-refractivity contribution < 1.29 is 9.32 Å². The Morgan fingerprint density at radius 3 is 2.41 bits per heavy atom. The van der Waals surface area contributed by atoms with Crippen molar-refractivity contribution in [2.45, 2.75) is 45.6 Å². The van der Waals surface area contributed by atoms with Crippen LogP contribution in [0.5, 0.6) is 0 Å². The molecule has 1 aromatic heterocycles. The normalized spacial score (nSPS) is 11.4. The number of rotatable bonds is 6. The van der Waals surface area contributed by atoms with Crippen molar-refractivity contribution in [3.05, 3.63) is 71.6 Å². The van der Waals surface area contributed by atoms with Crippen LogP contribution in [0.15, 0.2) is 59.1 Å². The molecule has 5 heteroatoms. The van der Waals surface area contributed by atoms with Crippen LogP contribution in [0.25, 0.3) is 11.4 Å². The van der Waals surface area contributed by atoms with E-state index in [1.807, 2.05) is 42.5 Å². The third-order valence-electron chi connectivity index (χ3n) is 4.38. The number of hydrogen-bond donors (Lipinski definition) is 1. The van der Waals surface area contributed by atoms with E-state index < -0.39 is 0 Å². The summed E-state index contributed by atoms with van der Waals surface area (Å²) in [5.41, 5.74) is 3.34. The molecule has 140 valence electrons. The van der Waals surface area contributed by atoms with Crippen LogP contribution in [0, 0.1) is 0 Å². The van der Waals surface area contributed by atoms with Gasteiger partial charge < -0.3 is 9.84 Å². The van der Waals surface area contributed by atoms with E-state index in [-0.39, 0.29) is 11.3 Å². The zero-order valence-electron chi connectivity index (χ0n) is 16.0. The summed E-state index contributed by atoms with van der Waals surface area (Å²) in [5, 5.41) is 6.93. The number of carbonyl (C=O) groups excluding carboxylic acids is 1. The van der Waals surface area contributed by atoms with Crippen LogP contribution in [0.1, 0.15) is 44.2 Å². The molecule has 3 aromatic rings. The van der Waals surface area contributed by atoms with Crippen molar-refractivity contribution in [1.29, 1.82) is 0 Å². The van der Waals surface area contributed by atoms with E-state index in [1.165, 1.54) is 5.56 Å². The number of benzene rings is 2. The summed E-state index contributed by atoms with van der Waals surface area (Å²) < 4.78 is 5.29. The van der Waals surface area contributed by atoms with Crippen LogP contribution in [-0.2, 0) is 23.2 Å². The predicted molar refractivity (Wildman–Crippen MR) is 105 cm³/mol. The van der Waals surface area contributed by atoms with Gasteiger partial charge in [-0.3, -0.25) is 4.79 Å². The van der Waals surface area contributed by atoms with Crippen molar-refractivity contribution in [2.24, 2.45) is 0 Å². The average Bonchev–Trinajstić information content (AvgIpc) is 3.14. The summed E-state index contributed by atoms with van der Waals surface area (Å²) in [6.07, 6.45) is 0.741. The molecule has 1 heterocycles. The van der Waals surface area contributed by atoms with Gasteiger partial charge in [0.05, 0.1) is 0 Å². The first-order valence-corrected chi connectivity index (χ1v) is 9.16. The molecule has 5 nitrogen and oxygen atoms in total. The van der Waals surface area contributed by atoms with E-state index in [9.17, 15) is 4.79 Å². The minimum absolute atomic E-state index is 0.0341. The van der Waals surface area contributed by atoms with E-state index in [0.717, 1.165) is 11.1 Å². The Hall–Kier alpha value is -2.95. The maximum Gasteiger partial charge on any atom is 0.227 e. The van der Waals surface area contributed by atoms with Gasteiger partial charge in [0.2, 0.25) is 17.6 Å². The fourth-order valence-electron chi connectivity index (χ4n) is 2.70. The lowest BCUT2D eigenvalue weighted by Crippen LogP contribution is -2.22. The Morgan fingerprint density at radius 2 is 1.74 bits per heavy atom. The molecule has 0 aliphatic rings. The molecular weight excluding hydrogens is 338 g/mol. The molecule has 0 radical (unpaired) electrons. The first-order valence-electron chi connectivity index (χ1n) is 9.16. The van der Waals surface area contributed by atoms with Crippen molar-refractivity contribution in [3.8, 4) is 11.4 Å². The Balaban J connectivity index is 1.52. The van der Waals surface area contributed by atoms with Gasteiger partial charge in [0, 0.05) is 24.9 Å². The van der Waals surface area contributed by atoms with Crippen LogP contribution in [0.2, 0.25) is 0 Å². The highest BCUT2D eigenvalue weighted by atomic mass is 16.5. The molecule has 0 unspecified atom stereocenters. The second kappa shape index (κ2) is 8.16. The van der Waals surface area contributed by atoms with Crippen molar-refractivity contribution in [2.75, 3.05) is 0 Å². The summed E-state index contributed by atoms with van der Waals surface area (Å²) in [7, 11) is 0. The molecule has 0 atom stereocenters. The zero-order chi connectivity index (χ0) is 19.3. The van der Waals surface area contributed by atoms with E-state index in [4.69, 9.17) is 4.52 Å². The minimum atomic E-state index is -0.0341. The van der Waals surface area contributed by atoms with Gasteiger partial charge in [-0.05, 0) is 16.5 Å². The van der Waals surface area contributed by atoms with Crippen LogP contribution >= 0.6 is 0 Å². The van der Waals surface area contributed by atoms with Gasteiger partial charge in [-0.2, -0.15) is 4.98 Å². The standard InChI is InChI=1S/C22H25N3O2/c1-22(2,3)18-11-9-17(10-12-18)21-24-20(27-25-21)14-13-19(26)23-15-16-7-5-4-6-8-16/h4-12H,13-15H2,1-3H3,(H,23,26). The lowest BCUT2D eigenvalue weighted by molar-refractivity contribution is -0.121. The summed E-state index contributed by atoms with van der Waals surface area (Å²) in [5.74, 6) is 0.989. The van der Waals surface area contributed by atoms with E-state index in [2.05, 4.69) is 48.4 Å². The fourth-order valence-corrected chi connectivity index (χ4v) is 2.70. The number of amides is 1. The summed E-state index contributed by atoms with van der Waals surface area (Å²) in [6.45, 7) is 7.06. The molecule has 0 aliphatic carbocycles. The topological polar surface area (TPSA) is 68.0 Å². The SMILES string of the molecule is CC(C)(C)c1ccc(-c2noc(CCC(=O)NCc3ccccc3)n2)cc1. The summed E-state index contributed by atoms with van der Waals surface area (Å²) in [6, 6.07) is 18.0. The molecule has 0 saturated heterocycles. The van der Waals surface area contributed by atoms with Gasteiger partial charge in [0.15, 0.2) is 0 Å². The number of aryl methyl sites for hydroxylation is 1. The maximum atomic E-state index is 12.0. The highest BCUT2D eigenvalue weighted by molar-refractivity contribution is 5.76. The Bertz CT molecular complexity index is 878. The Kier molecular flexibility index (Phi) is 5.69. The number of aromatic nitrogens is 2. The van der Waals surface area contributed by atoms with Crippen molar-refractivity contribution in [3.63, 3.8) is 0 Å². The molecule has 0 saturated carbocycles. The quantitative estimate of drug-likeness (QED) is 0.710. The third kappa shape index (κ3) is 5.26. The number of nitrogens with one attached hydrogen (secondary N) is 1. The highest BCUT2D eigenvalue weighted by Gasteiger charge is 2.15. The lowest BCUT2D eigenvalue weighted by Gasteiger charge is -2.18. The molecule has 0 spiro atoms. The van der Waals surface area contributed by atoms with E-state index in [0.29, 0.717) is 31.1 Å². The van der Waals surface area contributed by atoms with E-state index in [1.54, 1.807) is 0 Å². The monoisotopic (exact) mass is 363 g/mol. The second-order valence-electron chi connectivity index (χ2n) is 7.60. The van der Waals surface area contributed by atoms with Crippen LogP contribution in [0.3, 0.4) is 0 Å². The third-order valence-corrected chi connectivity index (χ3v) is 4.38. The molecule has 2 aromatic carbocycles. The molecule has 3 rings (SSSR count). The summed E-state index contributed by atoms with van der Waals surface area (Å²) >= 11 is 0. The average molecular weight is 363 g/mol. The highest BCUT2D eigenvalue weighted by Crippen LogP contribution is 2.25. The van der Waals surface area contributed by atoms with Gasteiger partial charge in [-0.15, -0.1) is 0 Å². The first kappa shape index (κ1) is 18.8. The zero-order valence-corrected chi connectivity index (χ0v) is 16.0. The van der Waals surface area contributed by atoms with E-state index >= 15 is 0 Å². The number of nitrogens with zero attached hydrogens (tertiary/aromatic N) is 2. The molecule has 1 amide bonds. The molecule has 1 N–H and O–H groups in total. The molecule has 0 fully saturated rings. The number of hydrogen-bond acceptors (Lipinski definition) is 4. The molecular formula is C22H25N3O2. The lowest BCUT2D eigenvalue weighted by atomic mass is 9.87. The van der Waals surface area contributed by atoms with Gasteiger partial charge in [0.25, 0.3) is 0 Å². The van der Waals surface area contributed by atoms with Crippen LogP contribution < -0.4 is 5.32 Å². The van der Waals surface area contributed by atoms with Gasteiger partial charge in [-0.25, -0.2) is 0 Å². The predicted octanol–water partition coefficient (Wildman–Crippen LogP) is 4.28.